The fourth-order valence-corrected chi connectivity index (χ4v) is 0.779. The lowest BCUT2D eigenvalue weighted by Gasteiger charge is -2.16. The van der Waals surface area contributed by atoms with Crippen LogP contribution in [-0.2, 0) is 0 Å². The lowest BCUT2D eigenvalue weighted by Crippen LogP contribution is -2.27. The van der Waals surface area contributed by atoms with Crippen molar-refractivity contribution in [2.24, 2.45) is 0 Å². The third-order valence-electron chi connectivity index (χ3n) is 1.26. The molecule has 0 aromatic rings. The van der Waals surface area contributed by atoms with Crippen LogP contribution in [0.15, 0.2) is 38.0 Å². The highest BCUT2D eigenvalue weighted by atomic mass is 35.5. The summed E-state index contributed by atoms with van der Waals surface area (Å²) in [7, 11) is 2.09. The summed E-state index contributed by atoms with van der Waals surface area (Å²) in [5, 5.41) is 0. The van der Waals surface area contributed by atoms with Crippen LogP contribution in [0.4, 0.5) is 0 Å². The molecule has 0 heterocycles. The van der Waals surface area contributed by atoms with Gasteiger partial charge in [0.1, 0.15) is 0 Å². The highest BCUT2D eigenvalue weighted by molar-refractivity contribution is 6.32. The summed E-state index contributed by atoms with van der Waals surface area (Å²) in [5.74, 6) is 0. The van der Waals surface area contributed by atoms with E-state index in [1.165, 1.54) is 0 Å². The Morgan fingerprint density at radius 2 is 1.50 bits per heavy atom. The summed E-state index contributed by atoms with van der Waals surface area (Å²) in [5.41, 5.74) is 0. The van der Waals surface area contributed by atoms with Crippen molar-refractivity contribution < 1.29 is 0 Å². The number of hydrogen-bond acceptors (Lipinski definition) is 1. The van der Waals surface area contributed by atoms with Gasteiger partial charge in [-0.15, -0.1) is 32.1 Å². The predicted octanol–water partition coefficient (Wildman–Crippen LogP) is 2.31. The molecule has 1 radical (unpaired) electrons. The summed E-state index contributed by atoms with van der Waals surface area (Å²) in [6.45, 7) is 12.7. The molecule has 0 aromatic carbocycles. The van der Waals surface area contributed by atoms with Crippen LogP contribution in [0.5, 0.6) is 0 Å². The van der Waals surface area contributed by atoms with Crippen LogP contribution >= 0.6 is 12.4 Å². The van der Waals surface area contributed by atoms with E-state index in [1.807, 2.05) is 18.2 Å². The molecule has 0 saturated carbocycles. The highest BCUT2D eigenvalue weighted by Gasteiger charge is 1.98. The van der Waals surface area contributed by atoms with Crippen LogP contribution in [0.1, 0.15) is 0 Å². The highest BCUT2D eigenvalue weighted by Crippen LogP contribution is 1.90. The van der Waals surface area contributed by atoms with Crippen molar-refractivity contribution >= 4 is 19.8 Å². The van der Waals surface area contributed by atoms with Gasteiger partial charge in [0.2, 0.25) is 7.41 Å². The maximum atomic E-state index is 3.67. The van der Waals surface area contributed by atoms with E-state index < -0.39 is 0 Å². The monoisotopic (exact) mass is 184 g/mol. The quantitative estimate of drug-likeness (QED) is 0.434. The summed E-state index contributed by atoms with van der Waals surface area (Å²) in [6.07, 6.45) is 6.53. The van der Waals surface area contributed by atoms with Crippen LogP contribution < -0.4 is 0 Å². The van der Waals surface area contributed by atoms with Gasteiger partial charge in [0, 0.05) is 13.1 Å². The molecule has 0 saturated heterocycles. The van der Waals surface area contributed by atoms with Crippen molar-refractivity contribution in [2.45, 2.75) is 6.32 Å². The molecule has 1 nitrogen and oxygen atoms in total. The molecule has 0 atom stereocenters. The number of allylic oxidation sites excluding steroid dienone is 1. The third-order valence-corrected chi connectivity index (χ3v) is 1.26. The van der Waals surface area contributed by atoms with E-state index in [2.05, 4.69) is 32.0 Å². The van der Waals surface area contributed by atoms with Gasteiger partial charge < -0.3 is 4.81 Å². The first-order valence-electron chi connectivity index (χ1n) is 3.75. The topological polar surface area (TPSA) is 3.24 Å². The fourth-order valence-electron chi connectivity index (χ4n) is 0.779. The Hall–Kier alpha value is -0.465. The number of rotatable bonds is 7. The van der Waals surface area contributed by atoms with E-state index in [0.29, 0.717) is 0 Å². The number of nitrogens with zero attached hydrogens (tertiary/aromatic N) is 1. The fraction of sp³-hybridized carbons (Fsp3) is 0.333. The molecule has 67 valence electrons. The van der Waals surface area contributed by atoms with E-state index in [1.54, 1.807) is 0 Å². The zero-order valence-corrected chi connectivity index (χ0v) is 8.22. The van der Waals surface area contributed by atoms with Gasteiger partial charge in [-0.05, 0) is 6.32 Å². The van der Waals surface area contributed by atoms with Crippen molar-refractivity contribution in [3.63, 3.8) is 0 Å². The maximum Gasteiger partial charge on any atom is 0.213 e. The summed E-state index contributed by atoms with van der Waals surface area (Å²) >= 11 is 0. The molecule has 0 unspecified atom stereocenters. The molecular weight excluding hydrogens is 168 g/mol. The lowest BCUT2D eigenvalue weighted by molar-refractivity contribution is 0.545. The second kappa shape index (κ2) is 10.5. The van der Waals surface area contributed by atoms with Crippen LogP contribution in [0, 0.1) is 0 Å². The van der Waals surface area contributed by atoms with Crippen LogP contribution in [0.3, 0.4) is 0 Å². The molecule has 0 aliphatic rings. The molecule has 0 spiro atoms. The minimum absolute atomic E-state index is 0. The minimum atomic E-state index is 0. The SMILES string of the molecule is C=CC[B]N(CC=C)CC=C.Cl. The zero-order valence-electron chi connectivity index (χ0n) is 7.41. The Morgan fingerprint density at radius 1 is 1.00 bits per heavy atom. The maximum absolute atomic E-state index is 3.67. The van der Waals surface area contributed by atoms with E-state index in [4.69, 9.17) is 0 Å². The molecule has 0 rings (SSSR count). The molecule has 0 aliphatic heterocycles. The van der Waals surface area contributed by atoms with E-state index in [0.717, 1.165) is 19.4 Å². The lowest BCUT2D eigenvalue weighted by atomic mass is 9.86. The Morgan fingerprint density at radius 3 is 1.83 bits per heavy atom. The van der Waals surface area contributed by atoms with Crippen molar-refractivity contribution in [3.8, 4) is 0 Å². The van der Waals surface area contributed by atoms with E-state index in [9.17, 15) is 0 Å². The van der Waals surface area contributed by atoms with Crippen LogP contribution in [-0.4, -0.2) is 25.3 Å². The number of hydrogen-bond donors (Lipinski definition) is 0. The molecule has 0 bridgehead atoms. The van der Waals surface area contributed by atoms with E-state index >= 15 is 0 Å². The van der Waals surface area contributed by atoms with Crippen molar-refractivity contribution in [2.75, 3.05) is 13.1 Å². The predicted molar refractivity (Wildman–Crippen MR) is 60.0 cm³/mol. The second-order valence-electron chi connectivity index (χ2n) is 2.24. The molecule has 0 amide bonds. The van der Waals surface area contributed by atoms with Gasteiger partial charge in [-0.25, -0.2) is 0 Å². The Kier molecular flexibility index (Phi) is 12.4. The summed E-state index contributed by atoms with van der Waals surface area (Å²) in [4.78, 5) is 2.14. The first kappa shape index (κ1) is 14.1. The minimum Gasteiger partial charge on any atom is -0.340 e. The molecule has 0 fully saturated rings. The van der Waals surface area contributed by atoms with Crippen molar-refractivity contribution in [3.05, 3.63) is 38.0 Å². The van der Waals surface area contributed by atoms with Crippen molar-refractivity contribution in [1.29, 1.82) is 0 Å². The first-order valence-corrected chi connectivity index (χ1v) is 3.75. The van der Waals surface area contributed by atoms with E-state index in [-0.39, 0.29) is 12.4 Å². The Bertz CT molecular complexity index is 126. The Labute approximate surface area is 82.5 Å². The Balaban J connectivity index is 0. The average Bonchev–Trinajstić information content (AvgIpc) is 2.01. The van der Waals surface area contributed by atoms with Gasteiger partial charge in [0.25, 0.3) is 0 Å². The molecule has 3 heteroatoms. The average molecular weight is 184 g/mol. The third kappa shape index (κ3) is 7.64. The molecular formula is C9H16BClN. The molecule has 0 N–H and O–H groups in total. The van der Waals surface area contributed by atoms with Gasteiger partial charge in [0.05, 0.1) is 0 Å². The largest absolute Gasteiger partial charge is 0.340 e. The van der Waals surface area contributed by atoms with Crippen LogP contribution in [0.2, 0.25) is 6.32 Å². The van der Waals surface area contributed by atoms with Gasteiger partial charge in [-0.1, -0.05) is 18.2 Å². The second-order valence-corrected chi connectivity index (χ2v) is 2.24. The molecule has 0 aliphatic carbocycles. The normalized spacial score (nSPS) is 8.42. The standard InChI is InChI=1S/C9H15BN.ClH/c1-4-7-10-11(8-5-2)9-6-3;/h4-6H,1-3,7-9H2;1H. The molecule has 12 heavy (non-hydrogen) atoms. The smallest absolute Gasteiger partial charge is 0.213 e. The van der Waals surface area contributed by atoms with Gasteiger partial charge in [-0.2, -0.15) is 0 Å². The van der Waals surface area contributed by atoms with Gasteiger partial charge in [0.15, 0.2) is 0 Å². The van der Waals surface area contributed by atoms with Gasteiger partial charge in [-0.3, -0.25) is 0 Å². The zero-order chi connectivity index (χ0) is 8.53. The summed E-state index contributed by atoms with van der Waals surface area (Å²) in [6, 6.07) is 0. The van der Waals surface area contributed by atoms with Crippen molar-refractivity contribution in [1.82, 2.24) is 4.81 Å². The summed E-state index contributed by atoms with van der Waals surface area (Å²) < 4.78 is 0. The number of halogens is 1. The van der Waals surface area contributed by atoms with Gasteiger partial charge >= 0.3 is 0 Å². The first-order chi connectivity index (χ1) is 5.35. The molecule has 0 aromatic heterocycles. The van der Waals surface area contributed by atoms with Crippen LogP contribution in [0.25, 0.3) is 0 Å².